The quantitative estimate of drug-likeness (QED) is 0.755. The fraction of sp³-hybridized carbons (Fsp3) is 0.714. The molecule has 1 saturated carbocycles. The molecule has 0 bridgehead atoms. The molecule has 2 rings (SSSR count). The standard InChI is InChI=1S/C14H23O4P/c1-9(2)12-5-4-6-13(10(3)11-7-8-11)14(12)18-19(15,16)17/h5,9-11H,4,6-8H2,1-3H3,(H2,15,16,17). The van der Waals surface area contributed by atoms with E-state index in [1.165, 1.54) is 12.8 Å². The van der Waals surface area contributed by atoms with Gasteiger partial charge in [-0.15, -0.1) is 0 Å². The molecule has 0 aromatic carbocycles. The molecule has 1 unspecified atom stereocenters. The number of hydrogen-bond donors (Lipinski definition) is 2. The third-order valence-corrected chi connectivity index (χ3v) is 4.46. The van der Waals surface area contributed by atoms with Gasteiger partial charge in [0.05, 0.1) is 0 Å². The van der Waals surface area contributed by atoms with Crippen molar-refractivity contribution in [1.29, 1.82) is 0 Å². The van der Waals surface area contributed by atoms with E-state index in [0.29, 0.717) is 17.6 Å². The van der Waals surface area contributed by atoms with Crippen LogP contribution >= 0.6 is 7.82 Å². The zero-order valence-electron chi connectivity index (χ0n) is 11.8. The molecular weight excluding hydrogens is 263 g/mol. The van der Waals surface area contributed by atoms with Crippen molar-refractivity contribution in [2.24, 2.45) is 17.8 Å². The average Bonchev–Trinajstić information content (AvgIpc) is 3.09. The first-order valence-electron chi connectivity index (χ1n) is 6.98. The van der Waals surface area contributed by atoms with Gasteiger partial charge in [-0.05, 0) is 54.6 Å². The van der Waals surface area contributed by atoms with Crippen LogP contribution in [0.15, 0.2) is 23.0 Å². The van der Waals surface area contributed by atoms with Crippen LogP contribution < -0.4 is 0 Å². The van der Waals surface area contributed by atoms with E-state index in [1.54, 1.807) is 0 Å². The van der Waals surface area contributed by atoms with Crippen molar-refractivity contribution in [1.82, 2.24) is 0 Å². The molecule has 108 valence electrons. The Morgan fingerprint density at radius 1 is 1.32 bits per heavy atom. The summed E-state index contributed by atoms with van der Waals surface area (Å²) < 4.78 is 16.3. The minimum absolute atomic E-state index is 0.211. The van der Waals surface area contributed by atoms with Crippen LogP contribution in [0.2, 0.25) is 0 Å². The maximum atomic E-state index is 11.2. The zero-order valence-corrected chi connectivity index (χ0v) is 12.7. The van der Waals surface area contributed by atoms with Crippen LogP contribution in [0.1, 0.15) is 46.5 Å². The lowest BCUT2D eigenvalue weighted by molar-refractivity contribution is 0.237. The van der Waals surface area contributed by atoms with E-state index in [0.717, 1.165) is 24.0 Å². The summed E-state index contributed by atoms with van der Waals surface area (Å²) in [5.41, 5.74) is 2.04. The minimum atomic E-state index is -4.50. The van der Waals surface area contributed by atoms with Gasteiger partial charge in [-0.1, -0.05) is 26.8 Å². The molecule has 19 heavy (non-hydrogen) atoms. The molecule has 0 radical (unpaired) electrons. The van der Waals surface area contributed by atoms with E-state index in [1.807, 2.05) is 13.8 Å². The van der Waals surface area contributed by atoms with Crippen LogP contribution in [0.25, 0.3) is 0 Å². The molecule has 5 heteroatoms. The van der Waals surface area contributed by atoms with Crippen LogP contribution in [0, 0.1) is 17.8 Å². The highest BCUT2D eigenvalue weighted by molar-refractivity contribution is 7.46. The SMILES string of the molecule is CC(C)C1=CCCC(C(C)C2CC2)=C1OP(=O)(O)O. The highest BCUT2D eigenvalue weighted by Gasteiger charge is 2.35. The van der Waals surface area contributed by atoms with Crippen molar-refractivity contribution in [3.8, 4) is 0 Å². The van der Waals surface area contributed by atoms with Crippen LogP contribution in [0.5, 0.6) is 0 Å². The van der Waals surface area contributed by atoms with E-state index in [4.69, 9.17) is 14.3 Å². The van der Waals surface area contributed by atoms with Gasteiger partial charge in [0, 0.05) is 0 Å². The average molecular weight is 286 g/mol. The molecule has 0 aromatic rings. The molecule has 2 aliphatic carbocycles. The number of rotatable bonds is 5. The van der Waals surface area contributed by atoms with E-state index < -0.39 is 7.82 Å². The predicted molar refractivity (Wildman–Crippen MR) is 74.2 cm³/mol. The van der Waals surface area contributed by atoms with Crippen molar-refractivity contribution in [2.45, 2.75) is 46.5 Å². The Labute approximate surface area is 114 Å². The Kier molecular flexibility index (Phi) is 4.24. The van der Waals surface area contributed by atoms with Crippen molar-refractivity contribution < 1.29 is 18.9 Å². The van der Waals surface area contributed by atoms with Gasteiger partial charge < -0.3 is 4.52 Å². The zero-order chi connectivity index (χ0) is 14.2. The molecule has 0 aliphatic heterocycles. The van der Waals surface area contributed by atoms with Crippen LogP contribution in [-0.4, -0.2) is 9.79 Å². The first kappa shape index (κ1) is 14.8. The molecular formula is C14H23O4P. The third-order valence-electron chi connectivity index (χ3n) is 4.04. The minimum Gasteiger partial charge on any atom is -0.404 e. The van der Waals surface area contributed by atoms with Crippen molar-refractivity contribution in [3.05, 3.63) is 23.0 Å². The highest BCUT2D eigenvalue weighted by atomic mass is 31.2. The summed E-state index contributed by atoms with van der Waals surface area (Å²) in [6, 6.07) is 0. The van der Waals surface area contributed by atoms with Gasteiger partial charge in [-0.25, -0.2) is 4.57 Å². The molecule has 1 fully saturated rings. The summed E-state index contributed by atoms with van der Waals surface area (Å²) in [4.78, 5) is 18.3. The summed E-state index contributed by atoms with van der Waals surface area (Å²) in [6.45, 7) is 6.21. The molecule has 1 atom stereocenters. The highest BCUT2D eigenvalue weighted by Crippen LogP contribution is 2.49. The summed E-state index contributed by atoms with van der Waals surface area (Å²) in [7, 11) is -4.50. The maximum absolute atomic E-state index is 11.2. The molecule has 0 saturated heterocycles. The van der Waals surface area contributed by atoms with Gasteiger partial charge in [0.2, 0.25) is 0 Å². The molecule has 0 heterocycles. The summed E-state index contributed by atoms with van der Waals surface area (Å²) in [5.74, 6) is 1.71. The Morgan fingerprint density at radius 3 is 2.42 bits per heavy atom. The number of allylic oxidation sites excluding steroid dienone is 3. The maximum Gasteiger partial charge on any atom is 0.524 e. The van der Waals surface area contributed by atoms with Gasteiger partial charge >= 0.3 is 7.82 Å². The fourth-order valence-electron chi connectivity index (χ4n) is 2.82. The van der Waals surface area contributed by atoms with Gasteiger partial charge in [0.1, 0.15) is 5.76 Å². The Hall–Kier alpha value is -0.570. The molecule has 2 aliphatic rings. The summed E-state index contributed by atoms with van der Waals surface area (Å²) in [5, 5.41) is 0. The Balaban J connectivity index is 2.36. The summed E-state index contributed by atoms with van der Waals surface area (Å²) >= 11 is 0. The predicted octanol–water partition coefficient (Wildman–Crippen LogP) is 3.77. The first-order chi connectivity index (χ1) is 8.79. The van der Waals surface area contributed by atoms with Gasteiger partial charge in [0.15, 0.2) is 0 Å². The normalized spacial score (nSPS) is 22.5. The van der Waals surface area contributed by atoms with Gasteiger partial charge in [-0.3, -0.25) is 9.79 Å². The Bertz CT molecular complexity index is 454. The van der Waals surface area contributed by atoms with Crippen molar-refractivity contribution in [3.63, 3.8) is 0 Å². The lowest BCUT2D eigenvalue weighted by Crippen LogP contribution is -2.14. The Morgan fingerprint density at radius 2 is 1.95 bits per heavy atom. The molecule has 4 nitrogen and oxygen atoms in total. The lowest BCUT2D eigenvalue weighted by atomic mass is 9.83. The van der Waals surface area contributed by atoms with Crippen molar-refractivity contribution >= 4 is 7.82 Å². The fourth-order valence-corrected chi connectivity index (χ4v) is 3.28. The lowest BCUT2D eigenvalue weighted by Gasteiger charge is -2.27. The largest absolute Gasteiger partial charge is 0.524 e. The second kappa shape index (κ2) is 5.43. The first-order valence-corrected chi connectivity index (χ1v) is 8.51. The van der Waals surface area contributed by atoms with E-state index >= 15 is 0 Å². The van der Waals surface area contributed by atoms with E-state index in [9.17, 15) is 4.57 Å². The monoisotopic (exact) mass is 286 g/mol. The molecule has 0 amide bonds. The molecule has 2 N–H and O–H groups in total. The third kappa shape index (κ3) is 3.71. The van der Waals surface area contributed by atoms with Crippen molar-refractivity contribution in [2.75, 3.05) is 0 Å². The van der Waals surface area contributed by atoms with Crippen LogP contribution in [0.4, 0.5) is 0 Å². The van der Waals surface area contributed by atoms with Gasteiger partial charge in [-0.2, -0.15) is 0 Å². The number of phosphoric acid groups is 1. The topological polar surface area (TPSA) is 66.8 Å². The number of hydrogen-bond acceptors (Lipinski definition) is 2. The second-order valence-corrected chi connectivity index (χ2v) is 7.08. The molecule has 0 spiro atoms. The smallest absolute Gasteiger partial charge is 0.404 e. The van der Waals surface area contributed by atoms with E-state index in [2.05, 4.69) is 13.0 Å². The van der Waals surface area contributed by atoms with Crippen LogP contribution in [0.3, 0.4) is 0 Å². The van der Waals surface area contributed by atoms with Gasteiger partial charge in [0.25, 0.3) is 0 Å². The second-order valence-electron chi connectivity index (χ2n) is 5.92. The molecule has 0 aromatic heterocycles. The van der Waals surface area contributed by atoms with Crippen LogP contribution in [-0.2, 0) is 9.09 Å². The number of phosphoric ester groups is 1. The summed E-state index contributed by atoms with van der Waals surface area (Å²) in [6.07, 6.45) is 6.28. The van der Waals surface area contributed by atoms with E-state index in [-0.39, 0.29) is 5.92 Å².